The second kappa shape index (κ2) is 9.33. The molecule has 1 saturated heterocycles. The molecule has 1 amide bonds. The van der Waals surface area contributed by atoms with Gasteiger partial charge in [0.05, 0.1) is 6.61 Å². The number of aromatic amines is 1. The molecule has 1 fully saturated rings. The Morgan fingerprint density at radius 1 is 1.19 bits per heavy atom. The highest BCUT2D eigenvalue weighted by molar-refractivity contribution is 6.32. The molecule has 0 bridgehead atoms. The van der Waals surface area contributed by atoms with Crippen LogP contribution in [-0.4, -0.2) is 41.5 Å². The zero-order chi connectivity index (χ0) is 22.0. The van der Waals surface area contributed by atoms with Gasteiger partial charge in [0, 0.05) is 35.1 Å². The van der Waals surface area contributed by atoms with E-state index < -0.39 is 0 Å². The molecule has 0 saturated carbocycles. The summed E-state index contributed by atoms with van der Waals surface area (Å²) in [5, 5.41) is 1.89. The number of nitrogens with one attached hydrogen (secondary N) is 1. The summed E-state index contributed by atoms with van der Waals surface area (Å²) in [5.41, 5.74) is 10.8. The first-order chi connectivity index (χ1) is 14.9. The molecule has 4 rings (SSSR count). The summed E-state index contributed by atoms with van der Waals surface area (Å²) in [5.74, 6) is 0.905. The maximum absolute atomic E-state index is 13.3. The Bertz CT molecular complexity index is 1060. The van der Waals surface area contributed by atoms with Gasteiger partial charge in [0.2, 0.25) is 0 Å². The van der Waals surface area contributed by atoms with Crippen LogP contribution in [0.2, 0.25) is 5.02 Å². The Morgan fingerprint density at radius 2 is 1.87 bits per heavy atom. The van der Waals surface area contributed by atoms with Crippen molar-refractivity contribution in [1.82, 2.24) is 9.88 Å². The predicted octanol–water partition coefficient (Wildman–Crippen LogP) is 5.01. The molecule has 6 heteroatoms. The molecule has 0 aliphatic carbocycles. The number of para-hydroxylation sites is 1. The minimum absolute atomic E-state index is 0.0722. The van der Waals surface area contributed by atoms with Gasteiger partial charge in [-0.2, -0.15) is 0 Å². The fraction of sp³-hybridized carbons (Fsp3) is 0.400. The number of likely N-dealkylation sites (tertiary alicyclic amines) is 1. The average Bonchev–Trinajstić information content (AvgIpc) is 3.13. The molecule has 0 atom stereocenters. The molecule has 3 N–H and O–H groups in total. The van der Waals surface area contributed by atoms with Crippen LogP contribution in [0.4, 0.5) is 0 Å². The van der Waals surface area contributed by atoms with Crippen LogP contribution in [0.5, 0.6) is 5.75 Å². The minimum Gasteiger partial charge on any atom is -0.494 e. The van der Waals surface area contributed by atoms with Gasteiger partial charge in [-0.15, -0.1) is 0 Å². The van der Waals surface area contributed by atoms with Gasteiger partial charge >= 0.3 is 0 Å². The highest BCUT2D eigenvalue weighted by Crippen LogP contribution is 2.28. The van der Waals surface area contributed by atoms with Gasteiger partial charge < -0.3 is 20.4 Å². The van der Waals surface area contributed by atoms with E-state index in [-0.39, 0.29) is 11.9 Å². The molecule has 0 spiro atoms. The number of fused-ring (bicyclic) bond motifs is 1. The van der Waals surface area contributed by atoms with Crippen LogP contribution in [-0.2, 0) is 6.42 Å². The normalized spacial score (nSPS) is 14.9. The minimum atomic E-state index is 0.0722. The summed E-state index contributed by atoms with van der Waals surface area (Å²) in [7, 11) is 0. The van der Waals surface area contributed by atoms with E-state index in [1.165, 1.54) is 0 Å². The van der Waals surface area contributed by atoms with Gasteiger partial charge in [0.15, 0.2) is 0 Å². The van der Waals surface area contributed by atoms with Crippen LogP contribution in [0.1, 0.15) is 46.4 Å². The number of ether oxygens (including phenoxy) is 1. The lowest BCUT2D eigenvalue weighted by Gasteiger charge is -2.30. The summed E-state index contributed by atoms with van der Waals surface area (Å²) in [4.78, 5) is 18.6. The maximum Gasteiger partial charge on any atom is 0.270 e. The number of carbonyl (C=O) groups is 1. The fourth-order valence-electron chi connectivity index (χ4n) is 4.33. The standard InChI is InChI=1S/C25H30ClN3O2/c1-16-14-19(15-17(2)23(16)26)31-13-5-7-21-20-6-3-4-8-22(20)28-24(21)25(30)29-11-9-18(27)10-12-29/h3-4,6,8,14-15,18,28H,5,7,9-13,27H2,1-2H3. The smallest absolute Gasteiger partial charge is 0.270 e. The van der Waals surface area contributed by atoms with Gasteiger partial charge in [-0.05, 0) is 74.4 Å². The summed E-state index contributed by atoms with van der Waals surface area (Å²) < 4.78 is 5.98. The molecule has 0 radical (unpaired) electrons. The van der Waals surface area contributed by atoms with Crippen molar-refractivity contribution >= 4 is 28.4 Å². The Kier molecular flexibility index (Phi) is 6.54. The van der Waals surface area contributed by atoms with Gasteiger partial charge in [-0.3, -0.25) is 4.79 Å². The molecular formula is C25H30ClN3O2. The number of nitrogens with zero attached hydrogens (tertiary/aromatic N) is 1. The van der Waals surface area contributed by atoms with Crippen molar-refractivity contribution in [3.05, 3.63) is 63.8 Å². The van der Waals surface area contributed by atoms with E-state index in [1.807, 2.05) is 49.1 Å². The summed E-state index contributed by atoms with van der Waals surface area (Å²) >= 11 is 6.25. The number of aromatic nitrogens is 1. The van der Waals surface area contributed by atoms with E-state index in [9.17, 15) is 4.79 Å². The molecule has 1 aromatic heterocycles. The lowest BCUT2D eigenvalue weighted by molar-refractivity contribution is 0.0708. The van der Waals surface area contributed by atoms with Crippen LogP contribution < -0.4 is 10.5 Å². The summed E-state index contributed by atoms with van der Waals surface area (Å²) in [6.07, 6.45) is 3.29. The number of piperidine rings is 1. The first-order valence-corrected chi connectivity index (χ1v) is 11.4. The lowest BCUT2D eigenvalue weighted by atomic mass is 10.0. The number of hydrogen-bond acceptors (Lipinski definition) is 3. The first-order valence-electron chi connectivity index (χ1n) is 11.0. The van der Waals surface area contributed by atoms with Crippen molar-refractivity contribution < 1.29 is 9.53 Å². The van der Waals surface area contributed by atoms with Crippen LogP contribution in [0, 0.1) is 13.8 Å². The summed E-state index contributed by atoms with van der Waals surface area (Å²) in [6, 6.07) is 12.3. The second-order valence-corrected chi connectivity index (χ2v) is 8.85. The third-order valence-electron chi connectivity index (χ3n) is 6.10. The molecule has 31 heavy (non-hydrogen) atoms. The third kappa shape index (κ3) is 4.73. The molecule has 2 aromatic carbocycles. The van der Waals surface area contributed by atoms with Crippen molar-refractivity contribution in [3.8, 4) is 5.75 Å². The molecular weight excluding hydrogens is 410 g/mol. The molecule has 5 nitrogen and oxygen atoms in total. The molecule has 3 aromatic rings. The number of halogens is 1. The zero-order valence-electron chi connectivity index (χ0n) is 18.2. The highest BCUT2D eigenvalue weighted by atomic mass is 35.5. The van der Waals surface area contributed by atoms with E-state index >= 15 is 0 Å². The zero-order valence-corrected chi connectivity index (χ0v) is 19.0. The number of nitrogens with two attached hydrogens (primary N) is 1. The molecule has 2 heterocycles. The van der Waals surface area contributed by atoms with Crippen molar-refractivity contribution in [2.24, 2.45) is 5.73 Å². The van der Waals surface area contributed by atoms with Crippen LogP contribution in [0.15, 0.2) is 36.4 Å². The number of benzene rings is 2. The number of hydrogen-bond donors (Lipinski definition) is 2. The largest absolute Gasteiger partial charge is 0.494 e. The van der Waals surface area contributed by atoms with E-state index in [0.717, 1.165) is 64.0 Å². The Hall–Kier alpha value is -2.50. The van der Waals surface area contributed by atoms with Gasteiger partial charge in [-0.1, -0.05) is 29.8 Å². The Labute approximate surface area is 188 Å². The van der Waals surface area contributed by atoms with Crippen LogP contribution >= 0.6 is 11.6 Å². The van der Waals surface area contributed by atoms with Gasteiger partial charge in [0.1, 0.15) is 11.4 Å². The van der Waals surface area contributed by atoms with Crippen molar-refractivity contribution in [1.29, 1.82) is 0 Å². The Balaban J connectivity index is 1.48. The average molecular weight is 440 g/mol. The molecule has 0 unspecified atom stereocenters. The van der Waals surface area contributed by atoms with Crippen molar-refractivity contribution in [2.45, 2.75) is 45.6 Å². The third-order valence-corrected chi connectivity index (χ3v) is 6.70. The van der Waals surface area contributed by atoms with Gasteiger partial charge in [-0.25, -0.2) is 0 Å². The van der Waals surface area contributed by atoms with Crippen molar-refractivity contribution in [3.63, 3.8) is 0 Å². The number of aryl methyl sites for hydroxylation is 3. The lowest BCUT2D eigenvalue weighted by Crippen LogP contribution is -2.43. The van der Waals surface area contributed by atoms with Crippen LogP contribution in [0.3, 0.4) is 0 Å². The maximum atomic E-state index is 13.3. The Morgan fingerprint density at radius 3 is 2.58 bits per heavy atom. The highest BCUT2D eigenvalue weighted by Gasteiger charge is 2.25. The summed E-state index contributed by atoms with van der Waals surface area (Å²) in [6.45, 7) is 5.98. The molecule has 1 aliphatic heterocycles. The number of carbonyl (C=O) groups excluding carboxylic acids is 1. The van der Waals surface area contributed by atoms with Crippen LogP contribution in [0.25, 0.3) is 10.9 Å². The number of rotatable bonds is 6. The molecule has 164 valence electrons. The fourth-order valence-corrected chi connectivity index (χ4v) is 4.44. The van der Waals surface area contributed by atoms with E-state index in [2.05, 4.69) is 11.1 Å². The molecule has 1 aliphatic rings. The SMILES string of the molecule is Cc1cc(OCCCc2c(C(=O)N3CCC(N)CC3)[nH]c3ccccc23)cc(C)c1Cl. The quantitative estimate of drug-likeness (QED) is 0.530. The number of amides is 1. The topological polar surface area (TPSA) is 71.3 Å². The van der Waals surface area contributed by atoms with E-state index in [4.69, 9.17) is 22.1 Å². The monoisotopic (exact) mass is 439 g/mol. The van der Waals surface area contributed by atoms with E-state index in [0.29, 0.717) is 25.4 Å². The van der Waals surface area contributed by atoms with E-state index in [1.54, 1.807) is 0 Å². The van der Waals surface area contributed by atoms with Gasteiger partial charge in [0.25, 0.3) is 5.91 Å². The number of H-pyrrole nitrogens is 1. The predicted molar refractivity (Wildman–Crippen MR) is 126 cm³/mol. The van der Waals surface area contributed by atoms with Crippen molar-refractivity contribution in [2.75, 3.05) is 19.7 Å². The first kappa shape index (κ1) is 21.7. The second-order valence-electron chi connectivity index (χ2n) is 8.48.